The SMILES string of the molecule is CCC(O)CCNC1CCCCC1CNC(=O)OC(C)(C)C. The van der Waals surface area contributed by atoms with Gasteiger partial charge in [0.05, 0.1) is 6.10 Å². The second-order valence-electron chi connectivity index (χ2n) is 7.34. The third kappa shape index (κ3) is 7.99. The highest BCUT2D eigenvalue weighted by Gasteiger charge is 2.26. The Bertz CT molecular complexity index is 328. The number of aliphatic hydroxyl groups is 1. The molecule has 3 N–H and O–H groups in total. The molecule has 1 amide bonds. The second kappa shape index (κ2) is 9.36. The van der Waals surface area contributed by atoms with Crippen LogP contribution in [0.15, 0.2) is 0 Å². The molecule has 0 spiro atoms. The van der Waals surface area contributed by atoms with Crippen LogP contribution in [0, 0.1) is 5.92 Å². The first-order valence-electron chi connectivity index (χ1n) is 8.70. The van der Waals surface area contributed by atoms with Crippen LogP contribution in [0.3, 0.4) is 0 Å². The Balaban J connectivity index is 2.33. The van der Waals surface area contributed by atoms with E-state index in [9.17, 15) is 9.90 Å². The minimum Gasteiger partial charge on any atom is -0.444 e. The van der Waals surface area contributed by atoms with Gasteiger partial charge in [0, 0.05) is 12.6 Å². The first-order valence-corrected chi connectivity index (χ1v) is 8.70. The molecule has 0 aromatic carbocycles. The van der Waals surface area contributed by atoms with Crippen LogP contribution < -0.4 is 10.6 Å². The molecule has 5 heteroatoms. The topological polar surface area (TPSA) is 70.6 Å². The first kappa shape index (κ1) is 19.2. The van der Waals surface area contributed by atoms with E-state index in [0.29, 0.717) is 18.5 Å². The summed E-state index contributed by atoms with van der Waals surface area (Å²) in [5, 5.41) is 16.1. The van der Waals surface area contributed by atoms with E-state index in [0.717, 1.165) is 32.2 Å². The lowest BCUT2D eigenvalue weighted by Gasteiger charge is -2.33. The zero-order valence-corrected chi connectivity index (χ0v) is 14.7. The lowest BCUT2D eigenvalue weighted by atomic mass is 9.84. The zero-order chi connectivity index (χ0) is 16.6. The summed E-state index contributed by atoms with van der Waals surface area (Å²) in [6.07, 6.45) is 5.77. The van der Waals surface area contributed by atoms with Crippen molar-refractivity contribution in [3.8, 4) is 0 Å². The van der Waals surface area contributed by atoms with Crippen LogP contribution in [0.4, 0.5) is 4.79 Å². The minimum absolute atomic E-state index is 0.213. The molecule has 1 aliphatic carbocycles. The molecule has 3 unspecified atom stereocenters. The van der Waals surface area contributed by atoms with Crippen molar-refractivity contribution in [2.45, 2.75) is 84.0 Å². The zero-order valence-electron chi connectivity index (χ0n) is 14.7. The lowest BCUT2D eigenvalue weighted by Crippen LogP contribution is -2.45. The quantitative estimate of drug-likeness (QED) is 0.676. The number of carbonyl (C=O) groups is 1. The van der Waals surface area contributed by atoms with E-state index in [2.05, 4.69) is 10.6 Å². The molecular weight excluding hydrogens is 280 g/mol. The number of alkyl carbamates (subject to hydrolysis) is 1. The van der Waals surface area contributed by atoms with Crippen molar-refractivity contribution in [2.75, 3.05) is 13.1 Å². The van der Waals surface area contributed by atoms with E-state index in [-0.39, 0.29) is 12.2 Å². The van der Waals surface area contributed by atoms with Crippen LogP contribution in [-0.2, 0) is 4.74 Å². The molecule has 22 heavy (non-hydrogen) atoms. The number of rotatable bonds is 7. The Kier molecular flexibility index (Phi) is 8.18. The summed E-state index contributed by atoms with van der Waals surface area (Å²) in [6.45, 7) is 9.11. The molecular formula is C17H34N2O3. The van der Waals surface area contributed by atoms with Gasteiger partial charge in [-0.25, -0.2) is 4.79 Å². The van der Waals surface area contributed by atoms with Crippen molar-refractivity contribution in [3.05, 3.63) is 0 Å². The highest BCUT2D eigenvalue weighted by atomic mass is 16.6. The van der Waals surface area contributed by atoms with Crippen molar-refractivity contribution in [1.29, 1.82) is 0 Å². The number of amides is 1. The summed E-state index contributed by atoms with van der Waals surface area (Å²) in [4.78, 5) is 11.8. The average molecular weight is 314 g/mol. The fourth-order valence-corrected chi connectivity index (χ4v) is 2.89. The van der Waals surface area contributed by atoms with Crippen LogP contribution in [0.1, 0.15) is 66.2 Å². The molecule has 0 aromatic rings. The largest absolute Gasteiger partial charge is 0.444 e. The molecule has 1 aliphatic rings. The molecule has 0 radical (unpaired) electrons. The van der Waals surface area contributed by atoms with Gasteiger partial charge in [0.25, 0.3) is 0 Å². The van der Waals surface area contributed by atoms with Gasteiger partial charge >= 0.3 is 6.09 Å². The van der Waals surface area contributed by atoms with Gasteiger partial charge in [0.2, 0.25) is 0 Å². The van der Waals surface area contributed by atoms with Gasteiger partial charge in [-0.2, -0.15) is 0 Å². The van der Waals surface area contributed by atoms with Crippen LogP contribution in [0.25, 0.3) is 0 Å². The number of hydrogen-bond acceptors (Lipinski definition) is 4. The highest BCUT2D eigenvalue weighted by Crippen LogP contribution is 2.24. The van der Waals surface area contributed by atoms with Gasteiger partial charge in [-0.1, -0.05) is 19.8 Å². The van der Waals surface area contributed by atoms with Gasteiger partial charge in [0.15, 0.2) is 0 Å². The van der Waals surface area contributed by atoms with Crippen molar-refractivity contribution >= 4 is 6.09 Å². The van der Waals surface area contributed by atoms with E-state index >= 15 is 0 Å². The standard InChI is InChI=1S/C17H34N2O3/c1-5-14(20)10-11-18-15-9-7-6-8-13(15)12-19-16(21)22-17(2,3)4/h13-15,18,20H,5-12H2,1-4H3,(H,19,21). The maximum Gasteiger partial charge on any atom is 0.407 e. The molecule has 130 valence electrons. The first-order chi connectivity index (χ1) is 10.3. The van der Waals surface area contributed by atoms with Crippen LogP contribution in [-0.4, -0.2) is 42.0 Å². The van der Waals surface area contributed by atoms with E-state index < -0.39 is 5.60 Å². The number of nitrogens with one attached hydrogen (secondary N) is 2. The number of ether oxygens (including phenoxy) is 1. The summed E-state index contributed by atoms with van der Waals surface area (Å²) >= 11 is 0. The molecule has 1 fully saturated rings. The summed E-state index contributed by atoms with van der Waals surface area (Å²) in [6, 6.07) is 0.424. The van der Waals surface area contributed by atoms with Gasteiger partial charge in [-0.3, -0.25) is 0 Å². The summed E-state index contributed by atoms with van der Waals surface area (Å²) in [7, 11) is 0. The van der Waals surface area contributed by atoms with Crippen molar-refractivity contribution < 1.29 is 14.6 Å². The highest BCUT2D eigenvalue weighted by molar-refractivity contribution is 5.67. The Morgan fingerprint density at radius 3 is 2.64 bits per heavy atom. The Hall–Kier alpha value is -0.810. The summed E-state index contributed by atoms with van der Waals surface area (Å²) < 4.78 is 5.29. The smallest absolute Gasteiger partial charge is 0.407 e. The van der Waals surface area contributed by atoms with E-state index in [1.54, 1.807) is 0 Å². The Morgan fingerprint density at radius 1 is 1.32 bits per heavy atom. The number of aliphatic hydroxyl groups excluding tert-OH is 1. The monoisotopic (exact) mass is 314 g/mol. The van der Waals surface area contributed by atoms with Gasteiger partial charge < -0.3 is 20.5 Å². The molecule has 5 nitrogen and oxygen atoms in total. The number of hydrogen-bond donors (Lipinski definition) is 3. The van der Waals surface area contributed by atoms with Crippen LogP contribution >= 0.6 is 0 Å². The molecule has 1 saturated carbocycles. The molecule has 0 heterocycles. The van der Waals surface area contributed by atoms with Gasteiger partial charge in [-0.15, -0.1) is 0 Å². The Morgan fingerprint density at radius 2 is 2.00 bits per heavy atom. The fraction of sp³-hybridized carbons (Fsp3) is 0.941. The maximum absolute atomic E-state index is 11.8. The Labute approximate surface area is 135 Å². The predicted octanol–water partition coefficient (Wildman–Crippen LogP) is 2.82. The van der Waals surface area contributed by atoms with Crippen molar-refractivity contribution in [3.63, 3.8) is 0 Å². The average Bonchev–Trinajstić information content (AvgIpc) is 2.44. The summed E-state index contributed by atoms with van der Waals surface area (Å²) in [5.74, 6) is 0.444. The third-order valence-corrected chi connectivity index (χ3v) is 4.17. The molecule has 0 aromatic heterocycles. The molecule has 3 atom stereocenters. The van der Waals surface area contributed by atoms with E-state index in [1.165, 1.54) is 12.8 Å². The number of carbonyl (C=O) groups excluding carboxylic acids is 1. The summed E-state index contributed by atoms with van der Waals surface area (Å²) in [5.41, 5.74) is -0.454. The molecule has 0 saturated heterocycles. The predicted molar refractivity (Wildman–Crippen MR) is 88.9 cm³/mol. The van der Waals surface area contributed by atoms with Crippen molar-refractivity contribution in [1.82, 2.24) is 10.6 Å². The maximum atomic E-state index is 11.8. The lowest BCUT2D eigenvalue weighted by molar-refractivity contribution is 0.0510. The van der Waals surface area contributed by atoms with Crippen LogP contribution in [0.5, 0.6) is 0 Å². The van der Waals surface area contributed by atoms with E-state index in [4.69, 9.17) is 4.74 Å². The molecule has 1 rings (SSSR count). The van der Waals surface area contributed by atoms with E-state index in [1.807, 2.05) is 27.7 Å². The molecule has 0 bridgehead atoms. The third-order valence-electron chi connectivity index (χ3n) is 4.17. The van der Waals surface area contributed by atoms with Crippen LogP contribution in [0.2, 0.25) is 0 Å². The van der Waals surface area contributed by atoms with Gasteiger partial charge in [0.1, 0.15) is 5.60 Å². The van der Waals surface area contributed by atoms with Gasteiger partial charge in [-0.05, 0) is 58.9 Å². The minimum atomic E-state index is -0.454. The molecule has 0 aliphatic heterocycles. The second-order valence-corrected chi connectivity index (χ2v) is 7.34. The normalized spacial score (nSPS) is 23.9. The fourth-order valence-electron chi connectivity index (χ4n) is 2.89. The van der Waals surface area contributed by atoms with Crippen molar-refractivity contribution in [2.24, 2.45) is 5.92 Å².